The first kappa shape index (κ1) is 14.2. The van der Waals surface area contributed by atoms with E-state index in [9.17, 15) is 18.4 Å². The summed E-state index contributed by atoms with van der Waals surface area (Å²) in [6, 6.07) is 2.24. The second kappa shape index (κ2) is 5.85. The van der Waals surface area contributed by atoms with Gasteiger partial charge in [0.25, 0.3) is 0 Å². The summed E-state index contributed by atoms with van der Waals surface area (Å²) in [6.45, 7) is 0.555. The largest absolute Gasteiger partial charge is 0.481 e. The van der Waals surface area contributed by atoms with Crippen LogP contribution in [0.25, 0.3) is 0 Å². The van der Waals surface area contributed by atoms with Gasteiger partial charge in [0, 0.05) is 19.2 Å². The molecule has 1 saturated heterocycles. The van der Waals surface area contributed by atoms with E-state index >= 15 is 0 Å². The minimum Gasteiger partial charge on any atom is -0.481 e. The van der Waals surface area contributed by atoms with Crippen molar-refractivity contribution in [3.63, 3.8) is 0 Å². The minimum atomic E-state index is -0.874. The van der Waals surface area contributed by atoms with Crippen molar-refractivity contribution in [2.24, 2.45) is 5.92 Å². The number of benzene rings is 1. The smallest absolute Gasteiger partial charge is 0.321 e. The van der Waals surface area contributed by atoms with Crippen LogP contribution in [0, 0.1) is 17.6 Å². The van der Waals surface area contributed by atoms with Crippen LogP contribution >= 0.6 is 0 Å². The molecule has 0 atom stereocenters. The van der Waals surface area contributed by atoms with Crippen LogP contribution in [0.3, 0.4) is 0 Å². The average Bonchev–Trinajstić information content (AvgIpc) is 2.43. The van der Waals surface area contributed by atoms with Gasteiger partial charge in [-0.2, -0.15) is 0 Å². The molecular formula is C13H14F2N2O3. The number of carbonyl (C=O) groups is 2. The van der Waals surface area contributed by atoms with Gasteiger partial charge in [-0.3, -0.25) is 4.79 Å². The molecule has 108 valence electrons. The molecule has 2 amide bonds. The topological polar surface area (TPSA) is 69.6 Å². The van der Waals surface area contributed by atoms with Crippen molar-refractivity contribution in [1.82, 2.24) is 4.90 Å². The van der Waals surface area contributed by atoms with Crippen molar-refractivity contribution in [3.8, 4) is 0 Å². The number of hydrogen-bond donors (Lipinski definition) is 2. The number of carbonyl (C=O) groups excluding carboxylic acids is 1. The van der Waals surface area contributed by atoms with E-state index in [2.05, 4.69) is 5.32 Å². The number of urea groups is 1. The normalized spacial score (nSPS) is 16.0. The lowest BCUT2D eigenvalue weighted by molar-refractivity contribution is -0.143. The van der Waals surface area contributed by atoms with Crippen molar-refractivity contribution in [2.75, 3.05) is 18.4 Å². The Kier molecular flexibility index (Phi) is 4.16. The second-order valence-electron chi connectivity index (χ2n) is 4.65. The van der Waals surface area contributed by atoms with Gasteiger partial charge in [-0.05, 0) is 25.0 Å². The van der Waals surface area contributed by atoms with E-state index in [1.807, 2.05) is 0 Å². The molecule has 2 N–H and O–H groups in total. The molecule has 5 nitrogen and oxygen atoms in total. The summed E-state index contributed by atoms with van der Waals surface area (Å²) in [4.78, 5) is 24.1. The Morgan fingerprint density at radius 2 is 1.90 bits per heavy atom. The molecule has 1 aromatic carbocycles. The Morgan fingerprint density at radius 3 is 2.50 bits per heavy atom. The molecule has 7 heteroatoms. The molecule has 0 saturated carbocycles. The predicted octanol–water partition coefficient (Wildman–Crippen LogP) is 2.29. The van der Waals surface area contributed by atoms with Crippen molar-refractivity contribution < 1.29 is 23.5 Å². The molecule has 1 aromatic rings. The summed E-state index contributed by atoms with van der Waals surface area (Å²) < 4.78 is 26.4. The SMILES string of the molecule is O=C(O)C1CCN(C(=O)Nc2cc(F)ccc2F)CC1. The first-order valence-electron chi connectivity index (χ1n) is 6.21. The molecule has 0 radical (unpaired) electrons. The number of hydrogen-bond acceptors (Lipinski definition) is 2. The molecule has 1 fully saturated rings. The van der Waals surface area contributed by atoms with Gasteiger partial charge in [-0.25, -0.2) is 13.6 Å². The zero-order valence-electron chi connectivity index (χ0n) is 10.6. The molecule has 0 spiro atoms. The molecular weight excluding hydrogens is 270 g/mol. The van der Waals surface area contributed by atoms with Gasteiger partial charge in [0.05, 0.1) is 11.6 Å². The zero-order valence-corrected chi connectivity index (χ0v) is 10.6. The van der Waals surface area contributed by atoms with E-state index in [0.29, 0.717) is 12.8 Å². The predicted molar refractivity (Wildman–Crippen MR) is 67.3 cm³/mol. The summed E-state index contributed by atoms with van der Waals surface area (Å²) >= 11 is 0. The maximum Gasteiger partial charge on any atom is 0.321 e. The highest BCUT2D eigenvalue weighted by atomic mass is 19.1. The second-order valence-corrected chi connectivity index (χ2v) is 4.65. The van der Waals surface area contributed by atoms with Crippen LogP contribution in [0.5, 0.6) is 0 Å². The maximum absolute atomic E-state index is 13.4. The number of rotatable bonds is 2. The van der Waals surface area contributed by atoms with Crippen molar-refractivity contribution in [1.29, 1.82) is 0 Å². The van der Waals surface area contributed by atoms with Gasteiger partial charge in [0.2, 0.25) is 0 Å². The maximum atomic E-state index is 13.4. The van der Waals surface area contributed by atoms with Crippen LogP contribution < -0.4 is 5.32 Å². The van der Waals surface area contributed by atoms with E-state index in [-0.39, 0.29) is 18.8 Å². The van der Waals surface area contributed by atoms with Crippen molar-refractivity contribution in [3.05, 3.63) is 29.8 Å². The monoisotopic (exact) mass is 284 g/mol. The number of piperidine rings is 1. The third kappa shape index (κ3) is 3.23. The number of nitrogens with zero attached hydrogens (tertiary/aromatic N) is 1. The summed E-state index contributed by atoms with van der Waals surface area (Å²) in [5.74, 6) is -2.70. The Labute approximate surface area is 114 Å². The third-order valence-electron chi connectivity index (χ3n) is 3.30. The Balaban J connectivity index is 1.96. The number of anilines is 1. The number of likely N-dealkylation sites (tertiary alicyclic amines) is 1. The van der Waals surface area contributed by atoms with Crippen LogP contribution in [0.4, 0.5) is 19.3 Å². The summed E-state index contributed by atoms with van der Waals surface area (Å²) in [5, 5.41) is 11.1. The molecule has 0 bridgehead atoms. The van der Waals surface area contributed by atoms with Crippen LogP contribution in [0.1, 0.15) is 12.8 Å². The van der Waals surface area contributed by atoms with Gasteiger partial charge in [-0.15, -0.1) is 0 Å². The van der Waals surface area contributed by atoms with Gasteiger partial charge in [-0.1, -0.05) is 0 Å². The quantitative estimate of drug-likeness (QED) is 0.875. The van der Waals surface area contributed by atoms with Gasteiger partial charge >= 0.3 is 12.0 Å². The standard InChI is InChI=1S/C13H14F2N2O3/c14-9-1-2-10(15)11(7-9)16-13(20)17-5-3-8(4-6-17)12(18)19/h1-2,7-8H,3-6H2,(H,16,20)(H,18,19). The van der Waals surface area contributed by atoms with Crippen LogP contribution in [0.15, 0.2) is 18.2 Å². The lowest BCUT2D eigenvalue weighted by Crippen LogP contribution is -2.42. The van der Waals surface area contributed by atoms with E-state index in [1.54, 1.807) is 0 Å². The molecule has 1 aliphatic rings. The lowest BCUT2D eigenvalue weighted by atomic mass is 9.97. The van der Waals surface area contributed by atoms with E-state index < -0.39 is 29.6 Å². The van der Waals surface area contributed by atoms with Gasteiger partial charge in [0.1, 0.15) is 11.6 Å². The Bertz CT molecular complexity index is 528. The molecule has 1 heterocycles. The van der Waals surface area contributed by atoms with Crippen LogP contribution in [-0.2, 0) is 4.79 Å². The molecule has 1 aliphatic heterocycles. The highest BCUT2D eigenvalue weighted by Crippen LogP contribution is 2.20. The summed E-state index contributed by atoms with van der Waals surface area (Å²) in [6.07, 6.45) is 0.711. The molecule has 2 rings (SSSR count). The molecule has 0 unspecified atom stereocenters. The number of aliphatic carboxylic acids is 1. The summed E-state index contributed by atoms with van der Waals surface area (Å²) in [5.41, 5.74) is -0.227. The minimum absolute atomic E-state index is 0.227. The van der Waals surface area contributed by atoms with Crippen molar-refractivity contribution in [2.45, 2.75) is 12.8 Å². The first-order valence-corrected chi connectivity index (χ1v) is 6.21. The number of halogens is 2. The van der Waals surface area contributed by atoms with Gasteiger partial charge < -0.3 is 15.3 Å². The fourth-order valence-electron chi connectivity index (χ4n) is 2.12. The van der Waals surface area contributed by atoms with Crippen LogP contribution in [-0.4, -0.2) is 35.1 Å². The molecule has 0 aliphatic carbocycles. The van der Waals surface area contributed by atoms with E-state index in [1.165, 1.54) is 4.90 Å². The molecule has 20 heavy (non-hydrogen) atoms. The van der Waals surface area contributed by atoms with Crippen LogP contribution in [0.2, 0.25) is 0 Å². The van der Waals surface area contributed by atoms with Crippen molar-refractivity contribution >= 4 is 17.7 Å². The fourth-order valence-corrected chi connectivity index (χ4v) is 2.12. The Morgan fingerprint density at radius 1 is 1.25 bits per heavy atom. The van der Waals surface area contributed by atoms with Gasteiger partial charge in [0.15, 0.2) is 0 Å². The fraction of sp³-hybridized carbons (Fsp3) is 0.385. The van der Waals surface area contributed by atoms with E-state index in [4.69, 9.17) is 5.11 Å². The first-order chi connectivity index (χ1) is 9.47. The highest BCUT2D eigenvalue weighted by molar-refractivity contribution is 5.89. The highest BCUT2D eigenvalue weighted by Gasteiger charge is 2.27. The number of carboxylic acids is 1. The number of carboxylic acid groups (broad SMARTS) is 1. The van der Waals surface area contributed by atoms with E-state index in [0.717, 1.165) is 18.2 Å². The third-order valence-corrected chi connectivity index (χ3v) is 3.30. The number of amides is 2. The average molecular weight is 284 g/mol. The zero-order chi connectivity index (χ0) is 14.7. The number of nitrogens with one attached hydrogen (secondary N) is 1. The lowest BCUT2D eigenvalue weighted by Gasteiger charge is -2.30. The summed E-state index contributed by atoms with van der Waals surface area (Å²) in [7, 11) is 0. The molecule has 0 aromatic heterocycles. The Hall–Kier alpha value is -2.18.